The maximum Gasteiger partial charge on any atom is 0.398 e. The molecule has 1 aromatic carbocycles. The fraction of sp³-hybridized carbons (Fsp3) is 0.182. The Kier molecular flexibility index (Phi) is 5.37. The van der Waals surface area contributed by atoms with Gasteiger partial charge in [0, 0.05) is 4.90 Å². The number of thioether (sulfide) groups is 1. The second-order valence-corrected chi connectivity index (χ2v) is 4.71. The Hall–Kier alpha value is -1.77. The van der Waals surface area contributed by atoms with Crippen molar-refractivity contribution >= 4 is 34.2 Å². The number of alkyl halides is 3. The van der Waals surface area contributed by atoms with E-state index in [1.165, 1.54) is 6.07 Å². The smallest absolute Gasteiger partial charge is 0.223 e. The van der Waals surface area contributed by atoms with E-state index < -0.39 is 28.6 Å². The summed E-state index contributed by atoms with van der Waals surface area (Å²) in [6.07, 6.45) is -4.43. The quantitative estimate of drug-likeness (QED) is 0.477. The van der Waals surface area contributed by atoms with Gasteiger partial charge in [-0.3, -0.25) is 0 Å². The minimum absolute atomic E-state index is 0.0904. The maximum absolute atomic E-state index is 13.5. The van der Waals surface area contributed by atoms with E-state index in [-0.39, 0.29) is 10.5 Å². The number of hydrogen-bond donors (Lipinski definition) is 0. The fourth-order valence-electron chi connectivity index (χ4n) is 1.13. The van der Waals surface area contributed by atoms with Crippen LogP contribution in [-0.4, -0.2) is 17.1 Å². The highest BCUT2D eigenvalue weighted by molar-refractivity contribution is 7.99. The lowest BCUT2D eigenvalue weighted by Gasteiger charge is -2.08. The van der Waals surface area contributed by atoms with Crippen molar-refractivity contribution in [3.05, 3.63) is 23.5 Å². The number of aliphatic imine (C=N–C) groups is 1. The zero-order valence-electron chi connectivity index (χ0n) is 9.50. The van der Waals surface area contributed by atoms with Crippen molar-refractivity contribution in [3.8, 4) is 12.1 Å². The summed E-state index contributed by atoms with van der Waals surface area (Å²) >= 11 is 5.64. The average molecular weight is 322 g/mol. The zero-order chi connectivity index (χ0) is 15.3. The molecule has 0 aliphatic heterocycles. The van der Waals surface area contributed by atoms with Gasteiger partial charge in [0.25, 0.3) is 0 Å². The number of hydrogen-bond acceptors (Lipinski definition) is 4. The van der Waals surface area contributed by atoms with Crippen LogP contribution in [0.15, 0.2) is 22.0 Å². The number of nitriles is 2. The molecule has 1 aromatic rings. The van der Waals surface area contributed by atoms with Crippen LogP contribution in [0, 0.1) is 28.5 Å². The van der Waals surface area contributed by atoms with Gasteiger partial charge in [-0.25, -0.2) is 9.38 Å². The molecule has 104 valence electrons. The molecule has 0 atom stereocenters. The highest BCUT2D eigenvalue weighted by atomic mass is 35.5. The van der Waals surface area contributed by atoms with Crippen molar-refractivity contribution in [2.75, 3.05) is 5.75 Å². The molecule has 0 amide bonds. The van der Waals surface area contributed by atoms with Gasteiger partial charge in [-0.1, -0.05) is 11.6 Å². The second kappa shape index (κ2) is 6.60. The van der Waals surface area contributed by atoms with Crippen LogP contribution in [0.4, 0.5) is 23.2 Å². The summed E-state index contributed by atoms with van der Waals surface area (Å²) in [5.74, 6) is -2.19. The third-order valence-corrected chi connectivity index (χ3v) is 3.16. The molecule has 0 unspecified atom stereocenters. The lowest BCUT2D eigenvalue weighted by Crippen LogP contribution is -2.10. The normalized spacial score (nSPS) is 11.8. The Bertz CT molecular complexity index is 628. The molecule has 20 heavy (non-hydrogen) atoms. The van der Waals surface area contributed by atoms with Crippen LogP contribution < -0.4 is 0 Å². The molecule has 0 radical (unpaired) electrons. The molecular weight excluding hydrogens is 318 g/mol. The van der Waals surface area contributed by atoms with Gasteiger partial charge in [-0.2, -0.15) is 23.7 Å². The highest BCUT2D eigenvalue weighted by Gasteiger charge is 2.28. The Balaban J connectivity index is 3.20. The summed E-state index contributed by atoms with van der Waals surface area (Å²) in [5.41, 5.74) is -0.649. The van der Waals surface area contributed by atoms with Gasteiger partial charge in [0.15, 0.2) is 0 Å². The van der Waals surface area contributed by atoms with Crippen LogP contribution in [0.5, 0.6) is 0 Å². The van der Waals surface area contributed by atoms with E-state index in [1.807, 2.05) is 0 Å². The summed E-state index contributed by atoms with van der Waals surface area (Å²) in [6, 6.07) is 4.73. The first-order valence-corrected chi connectivity index (χ1v) is 6.20. The van der Waals surface area contributed by atoms with Crippen molar-refractivity contribution in [2.45, 2.75) is 11.1 Å². The van der Waals surface area contributed by atoms with Crippen LogP contribution in [0.1, 0.15) is 5.56 Å². The van der Waals surface area contributed by atoms with E-state index in [0.717, 1.165) is 12.1 Å². The predicted octanol–water partition coefficient (Wildman–Crippen LogP) is 4.14. The highest BCUT2D eigenvalue weighted by Crippen LogP contribution is 2.33. The van der Waals surface area contributed by atoms with Gasteiger partial charge < -0.3 is 0 Å². The van der Waals surface area contributed by atoms with Crippen LogP contribution in [-0.2, 0) is 0 Å². The Labute approximate surface area is 120 Å². The number of nitrogens with zero attached hydrogens (tertiary/aromatic N) is 3. The van der Waals surface area contributed by atoms with Crippen molar-refractivity contribution < 1.29 is 17.6 Å². The molecule has 0 spiro atoms. The van der Waals surface area contributed by atoms with Gasteiger partial charge >= 0.3 is 6.18 Å². The SMILES string of the molecule is N#C/C(Cl)=N\c1cc(SCC(F)(F)F)c(C#N)cc1F. The molecule has 0 bridgehead atoms. The summed E-state index contributed by atoms with van der Waals surface area (Å²) in [4.78, 5) is 3.31. The van der Waals surface area contributed by atoms with Crippen molar-refractivity contribution in [1.82, 2.24) is 0 Å². The van der Waals surface area contributed by atoms with E-state index in [0.29, 0.717) is 11.8 Å². The van der Waals surface area contributed by atoms with Crippen LogP contribution in [0.25, 0.3) is 0 Å². The van der Waals surface area contributed by atoms with Crippen molar-refractivity contribution in [3.63, 3.8) is 0 Å². The number of halogens is 5. The molecule has 0 N–H and O–H groups in total. The molecule has 0 aromatic heterocycles. The van der Waals surface area contributed by atoms with E-state index in [4.69, 9.17) is 22.1 Å². The monoisotopic (exact) mass is 321 g/mol. The van der Waals surface area contributed by atoms with Crippen LogP contribution in [0.3, 0.4) is 0 Å². The lowest BCUT2D eigenvalue weighted by atomic mass is 10.2. The summed E-state index contributed by atoms with van der Waals surface area (Å²) in [7, 11) is 0. The standard InChI is InChI=1S/C11H4ClF4N3S/c12-10(4-18)19-8-2-9(20-5-11(14,15)16)6(3-17)1-7(8)13/h1-2H,5H2/b19-10+. The maximum atomic E-state index is 13.5. The predicted molar refractivity (Wildman–Crippen MR) is 66.5 cm³/mol. The van der Waals surface area contributed by atoms with Crippen molar-refractivity contribution in [2.24, 2.45) is 4.99 Å². The molecule has 9 heteroatoms. The van der Waals surface area contributed by atoms with Crippen molar-refractivity contribution in [1.29, 1.82) is 10.5 Å². The molecule has 0 saturated carbocycles. The van der Waals surface area contributed by atoms with Gasteiger partial charge in [-0.15, -0.1) is 11.8 Å². The fourth-order valence-corrected chi connectivity index (χ4v) is 1.99. The second-order valence-electron chi connectivity index (χ2n) is 3.33. The van der Waals surface area contributed by atoms with E-state index in [9.17, 15) is 17.6 Å². The first kappa shape index (κ1) is 16.3. The first-order chi connectivity index (χ1) is 9.26. The largest absolute Gasteiger partial charge is 0.398 e. The molecule has 0 fully saturated rings. The molecule has 0 aliphatic carbocycles. The molecule has 0 saturated heterocycles. The van der Waals surface area contributed by atoms with E-state index in [2.05, 4.69) is 4.99 Å². The van der Waals surface area contributed by atoms with Crippen LogP contribution >= 0.6 is 23.4 Å². The third kappa shape index (κ3) is 4.72. The number of benzene rings is 1. The molecule has 1 rings (SSSR count). The topological polar surface area (TPSA) is 59.9 Å². The summed E-state index contributed by atoms with van der Waals surface area (Å²) < 4.78 is 50.0. The Morgan fingerprint density at radius 2 is 2.00 bits per heavy atom. The number of rotatable bonds is 3. The Morgan fingerprint density at radius 1 is 1.35 bits per heavy atom. The minimum atomic E-state index is -4.43. The minimum Gasteiger partial charge on any atom is -0.223 e. The van der Waals surface area contributed by atoms with Gasteiger partial charge in [0.05, 0.1) is 11.3 Å². The zero-order valence-corrected chi connectivity index (χ0v) is 11.1. The molecule has 0 aliphatic rings. The summed E-state index contributed by atoms with van der Waals surface area (Å²) in [5, 5.41) is 16.6. The third-order valence-electron chi connectivity index (χ3n) is 1.87. The summed E-state index contributed by atoms with van der Waals surface area (Å²) in [6.45, 7) is 0. The first-order valence-electron chi connectivity index (χ1n) is 4.84. The van der Waals surface area contributed by atoms with E-state index >= 15 is 0 Å². The van der Waals surface area contributed by atoms with Gasteiger partial charge in [0.2, 0.25) is 5.17 Å². The van der Waals surface area contributed by atoms with Gasteiger partial charge in [0.1, 0.15) is 23.6 Å². The average Bonchev–Trinajstić information content (AvgIpc) is 2.37. The van der Waals surface area contributed by atoms with Gasteiger partial charge in [-0.05, 0) is 12.1 Å². The van der Waals surface area contributed by atoms with Crippen LogP contribution in [0.2, 0.25) is 0 Å². The molecule has 0 heterocycles. The Morgan fingerprint density at radius 3 is 2.50 bits per heavy atom. The molecular formula is C11H4ClF4N3S. The van der Waals surface area contributed by atoms with E-state index in [1.54, 1.807) is 6.07 Å². The lowest BCUT2D eigenvalue weighted by molar-refractivity contribution is -0.105. The molecule has 3 nitrogen and oxygen atoms in total.